The Kier molecular flexibility index (Phi) is 5.35. The number of hydrogen-bond acceptors (Lipinski definition) is 6. The quantitative estimate of drug-likeness (QED) is 0.505. The van der Waals surface area contributed by atoms with Gasteiger partial charge in [0.2, 0.25) is 0 Å². The number of nitro groups is 1. The monoisotopic (exact) mass is 322 g/mol. The summed E-state index contributed by atoms with van der Waals surface area (Å²) in [6.07, 6.45) is 1.30. The summed E-state index contributed by atoms with van der Waals surface area (Å²) < 4.78 is 0. The first kappa shape index (κ1) is 16.1. The van der Waals surface area contributed by atoms with E-state index >= 15 is 0 Å². The number of nitrogens with one attached hydrogen (secondary N) is 1. The maximum atomic E-state index is 11.1. The fourth-order valence-corrected chi connectivity index (χ4v) is 2.74. The van der Waals surface area contributed by atoms with E-state index in [4.69, 9.17) is 10.5 Å². The average Bonchev–Trinajstić information content (AvgIpc) is 2.57. The SMILES string of the molecule is N#CC(C#N)=CNc1ccccc1Sc1ccccc1[N+](=O)[O-]. The topological polar surface area (TPSA) is 103 Å². The number of hydrogen-bond donors (Lipinski definition) is 1. The number of benzene rings is 2. The summed E-state index contributed by atoms with van der Waals surface area (Å²) in [5.74, 6) is 0. The van der Waals surface area contributed by atoms with Crippen LogP contribution in [0.4, 0.5) is 11.4 Å². The molecule has 0 amide bonds. The van der Waals surface area contributed by atoms with E-state index in [0.717, 1.165) is 4.90 Å². The van der Waals surface area contributed by atoms with E-state index in [1.807, 2.05) is 6.07 Å². The second-order valence-corrected chi connectivity index (χ2v) is 5.33. The summed E-state index contributed by atoms with van der Waals surface area (Å²) >= 11 is 1.24. The number of para-hydroxylation sites is 2. The molecule has 112 valence electrons. The van der Waals surface area contributed by atoms with Gasteiger partial charge in [-0.25, -0.2) is 0 Å². The van der Waals surface area contributed by atoms with Crippen LogP contribution in [0.1, 0.15) is 0 Å². The normalized spacial score (nSPS) is 9.30. The summed E-state index contributed by atoms with van der Waals surface area (Å²) in [6.45, 7) is 0. The lowest BCUT2D eigenvalue weighted by molar-refractivity contribution is -0.387. The van der Waals surface area contributed by atoms with Crippen LogP contribution in [0.15, 0.2) is 70.1 Å². The van der Waals surface area contributed by atoms with Gasteiger partial charge in [-0.2, -0.15) is 10.5 Å². The number of anilines is 1. The van der Waals surface area contributed by atoms with Gasteiger partial charge in [-0.15, -0.1) is 0 Å². The summed E-state index contributed by atoms with van der Waals surface area (Å²) in [5.41, 5.74) is 0.617. The predicted octanol–water partition coefficient (Wildman–Crippen LogP) is 4.09. The van der Waals surface area contributed by atoms with Gasteiger partial charge in [0.1, 0.15) is 17.7 Å². The molecule has 0 radical (unpaired) electrons. The molecule has 6 nitrogen and oxygen atoms in total. The molecule has 0 unspecified atom stereocenters. The van der Waals surface area contributed by atoms with E-state index in [2.05, 4.69) is 5.32 Å². The molecule has 0 aliphatic carbocycles. The van der Waals surface area contributed by atoms with Crippen molar-refractivity contribution < 1.29 is 4.92 Å². The third kappa shape index (κ3) is 4.10. The zero-order valence-electron chi connectivity index (χ0n) is 11.8. The van der Waals surface area contributed by atoms with E-state index in [9.17, 15) is 10.1 Å². The third-order valence-electron chi connectivity index (χ3n) is 2.78. The van der Waals surface area contributed by atoms with Crippen LogP contribution in [0.25, 0.3) is 0 Å². The van der Waals surface area contributed by atoms with Crippen LogP contribution in [0.5, 0.6) is 0 Å². The van der Waals surface area contributed by atoms with Crippen molar-refractivity contribution >= 4 is 23.1 Å². The molecule has 7 heteroatoms. The van der Waals surface area contributed by atoms with Crippen molar-refractivity contribution in [2.45, 2.75) is 9.79 Å². The summed E-state index contributed by atoms with van der Waals surface area (Å²) in [5, 5.41) is 31.5. The molecule has 23 heavy (non-hydrogen) atoms. The van der Waals surface area contributed by atoms with E-state index in [1.54, 1.807) is 48.5 Å². The highest BCUT2D eigenvalue weighted by Crippen LogP contribution is 2.38. The fraction of sp³-hybridized carbons (Fsp3) is 0. The van der Waals surface area contributed by atoms with Crippen LogP contribution >= 0.6 is 11.8 Å². The van der Waals surface area contributed by atoms with Gasteiger partial charge in [0.15, 0.2) is 0 Å². The largest absolute Gasteiger partial charge is 0.359 e. The molecule has 0 aromatic heterocycles. The fourth-order valence-electron chi connectivity index (χ4n) is 1.73. The van der Waals surface area contributed by atoms with Crippen LogP contribution in [0.2, 0.25) is 0 Å². The highest BCUT2D eigenvalue weighted by atomic mass is 32.2. The molecule has 0 aliphatic heterocycles. The van der Waals surface area contributed by atoms with Crippen LogP contribution < -0.4 is 5.32 Å². The Balaban J connectivity index is 2.33. The number of rotatable bonds is 5. The van der Waals surface area contributed by atoms with Crippen molar-refractivity contribution in [3.05, 3.63) is 70.4 Å². The van der Waals surface area contributed by atoms with Crippen molar-refractivity contribution in [2.24, 2.45) is 0 Å². The standard InChI is InChI=1S/C16H10N4O2S/c17-9-12(10-18)11-19-13-5-1-3-7-15(13)23-16-8-4-2-6-14(16)20(21)22/h1-8,11,19H. The molecule has 0 spiro atoms. The van der Waals surface area contributed by atoms with Crippen molar-refractivity contribution in [1.82, 2.24) is 0 Å². The van der Waals surface area contributed by atoms with Crippen LogP contribution in [-0.2, 0) is 0 Å². The molecule has 1 N–H and O–H groups in total. The molecule has 0 fully saturated rings. The average molecular weight is 322 g/mol. The van der Waals surface area contributed by atoms with Crippen molar-refractivity contribution in [3.63, 3.8) is 0 Å². The molecule has 2 aromatic rings. The lowest BCUT2D eigenvalue weighted by Gasteiger charge is -2.09. The third-order valence-corrected chi connectivity index (χ3v) is 3.92. The Morgan fingerprint density at radius 3 is 2.35 bits per heavy atom. The zero-order valence-corrected chi connectivity index (χ0v) is 12.6. The van der Waals surface area contributed by atoms with Crippen LogP contribution in [0.3, 0.4) is 0 Å². The first-order valence-corrected chi connectivity index (χ1v) is 7.24. The molecule has 0 saturated heterocycles. The van der Waals surface area contributed by atoms with Gasteiger partial charge in [-0.3, -0.25) is 10.1 Å². The van der Waals surface area contributed by atoms with E-state index in [-0.39, 0.29) is 11.3 Å². The van der Waals surface area contributed by atoms with Crippen molar-refractivity contribution in [2.75, 3.05) is 5.32 Å². The van der Waals surface area contributed by atoms with Gasteiger partial charge in [0.05, 0.1) is 15.5 Å². The molecular weight excluding hydrogens is 312 g/mol. The minimum absolute atomic E-state index is 0.0255. The van der Waals surface area contributed by atoms with Gasteiger partial charge in [0.25, 0.3) is 5.69 Å². The number of nitriles is 2. The van der Waals surface area contributed by atoms with Gasteiger partial charge < -0.3 is 5.32 Å². The molecule has 2 aromatic carbocycles. The lowest BCUT2D eigenvalue weighted by atomic mass is 10.3. The summed E-state index contributed by atoms with van der Waals surface area (Å²) in [7, 11) is 0. The van der Waals surface area contributed by atoms with Gasteiger partial charge in [0, 0.05) is 17.2 Å². The molecule has 0 aliphatic rings. The van der Waals surface area contributed by atoms with E-state index in [1.165, 1.54) is 24.0 Å². The molecule has 0 atom stereocenters. The Hall–Kier alpha value is -3.29. The van der Waals surface area contributed by atoms with Gasteiger partial charge in [-0.1, -0.05) is 36.0 Å². The number of nitrogens with zero attached hydrogens (tertiary/aromatic N) is 3. The van der Waals surface area contributed by atoms with E-state index < -0.39 is 4.92 Å². The Labute approximate surface area is 136 Å². The Bertz CT molecular complexity index is 834. The second-order valence-electron chi connectivity index (χ2n) is 4.25. The maximum Gasteiger partial charge on any atom is 0.283 e. The minimum atomic E-state index is -0.429. The number of allylic oxidation sites excluding steroid dienone is 1. The molecule has 2 rings (SSSR count). The van der Waals surface area contributed by atoms with Crippen molar-refractivity contribution in [3.8, 4) is 12.1 Å². The van der Waals surface area contributed by atoms with Gasteiger partial charge in [-0.05, 0) is 18.2 Å². The zero-order chi connectivity index (χ0) is 16.7. The Morgan fingerprint density at radius 2 is 1.70 bits per heavy atom. The Morgan fingerprint density at radius 1 is 1.09 bits per heavy atom. The first-order valence-electron chi connectivity index (χ1n) is 6.43. The van der Waals surface area contributed by atoms with Crippen LogP contribution in [-0.4, -0.2) is 4.92 Å². The number of nitro benzene ring substituents is 1. The molecule has 0 heterocycles. The smallest absolute Gasteiger partial charge is 0.283 e. The summed E-state index contributed by atoms with van der Waals surface area (Å²) in [6, 6.07) is 17.1. The molecule has 0 bridgehead atoms. The summed E-state index contributed by atoms with van der Waals surface area (Å²) in [4.78, 5) is 11.9. The first-order chi connectivity index (χ1) is 11.2. The highest BCUT2D eigenvalue weighted by Gasteiger charge is 2.14. The van der Waals surface area contributed by atoms with Crippen LogP contribution in [0, 0.1) is 32.8 Å². The lowest BCUT2D eigenvalue weighted by Crippen LogP contribution is -1.93. The molecule has 0 saturated carbocycles. The minimum Gasteiger partial charge on any atom is -0.359 e. The highest BCUT2D eigenvalue weighted by molar-refractivity contribution is 7.99. The molecular formula is C16H10N4O2S. The van der Waals surface area contributed by atoms with Gasteiger partial charge >= 0.3 is 0 Å². The predicted molar refractivity (Wildman–Crippen MR) is 86.6 cm³/mol. The van der Waals surface area contributed by atoms with E-state index in [0.29, 0.717) is 10.6 Å². The van der Waals surface area contributed by atoms with Crippen molar-refractivity contribution in [1.29, 1.82) is 10.5 Å². The maximum absolute atomic E-state index is 11.1. The second kappa shape index (κ2) is 7.64.